The van der Waals surface area contributed by atoms with Crippen LogP contribution in [0, 0.1) is 19.8 Å². The molecule has 0 aliphatic heterocycles. The molecule has 0 atom stereocenters. The molecule has 0 radical (unpaired) electrons. The monoisotopic (exact) mass is 420 g/mol. The van der Waals surface area contributed by atoms with Crippen molar-refractivity contribution in [3.05, 3.63) is 41.5 Å². The van der Waals surface area contributed by atoms with Gasteiger partial charge in [-0.1, -0.05) is 6.58 Å². The summed E-state index contributed by atoms with van der Waals surface area (Å²) in [6.07, 6.45) is 1.49. The molecule has 1 aromatic rings. The Morgan fingerprint density at radius 3 is 2.33 bits per heavy atom. The molecule has 0 amide bonds. The van der Waals surface area contributed by atoms with Crippen LogP contribution in [0.25, 0.3) is 0 Å². The maximum atomic E-state index is 12.5. The second-order valence-electron chi connectivity index (χ2n) is 6.86. The number of rotatable bonds is 7. The highest BCUT2D eigenvalue weighted by molar-refractivity contribution is 5.92. The summed E-state index contributed by atoms with van der Waals surface area (Å²) in [7, 11) is 0. The molecule has 1 aliphatic rings. The number of esters is 2. The fourth-order valence-electron chi connectivity index (χ4n) is 3.08. The predicted octanol–water partition coefficient (Wildman–Crippen LogP) is 3.31. The SMILES string of the molecule is C=CC(=O)OCOC(=O)Oc1ccc(C(=O)OC2CCC(C(=O)O)CC2)c(C)c1C. The van der Waals surface area contributed by atoms with E-state index in [9.17, 15) is 19.2 Å². The molecule has 0 bridgehead atoms. The number of carboxylic acids is 1. The lowest BCUT2D eigenvalue weighted by Gasteiger charge is -2.26. The summed E-state index contributed by atoms with van der Waals surface area (Å²) in [4.78, 5) is 46.2. The molecule has 9 heteroatoms. The highest BCUT2D eigenvalue weighted by Crippen LogP contribution is 2.29. The Morgan fingerprint density at radius 1 is 1.07 bits per heavy atom. The van der Waals surface area contributed by atoms with Gasteiger partial charge >= 0.3 is 24.1 Å². The van der Waals surface area contributed by atoms with Crippen molar-refractivity contribution in [1.29, 1.82) is 0 Å². The Hall–Kier alpha value is -3.36. The van der Waals surface area contributed by atoms with E-state index >= 15 is 0 Å². The number of ether oxygens (including phenoxy) is 4. The van der Waals surface area contributed by atoms with Gasteiger partial charge in [-0.05, 0) is 62.8 Å². The third kappa shape index (κ3) is 6.07. The average Bonchev–Trinajstić information content (AvgIpc) is 2.71. The maximum absolute atomic E-state index is 12.5. The Bertz CT molecular complexity index is 835. The van der Waals surface area contributed by atoms with E-state index in [2.05, 4.69) is 16.1 Å². The van der Waals surface area contributed by atoms with Crippen LogP contribution < -0.4 is 4.74 Å². The van der Waals surface area contributed by atoms with Crippen molar-refractivity contribution >= 4 is 24.1 Å². The third-order valence-electron chi connectivity index (χ3n) is 4.99. The van der Waals surface area contributed by atoms with E-state index in [4.69, 9.17) is 14.6 Å². The van der Waals surface area contributed by atoms with Gasteiger partial charge in [0.05, 0.1) is 11.5 Å². The van der Waals surface area contributed by atoms with Crippen LogP contribution >= 0.6 is 0 Å². The molecular formula is C21H24O9. The van der Waals surface area contributed by atoms with Gasteiger partial charge in [-0.2, -0.15) is 0 Å². The minimum atomic E-state index is -1.07. The number of carboxylic acid groups (broad SMARTS) is 1. The van der Waals surface area contributed by atoms with Crippen molar-refractivity contribution in [2.45, 2.75) is 45.6 Å². The lowest BCUT2D eigenvalue weighted by atomic mass is 9.87. The van der Waals surface area contributed by atoms with Crippen molar-refractivity contribution in [1.82, 2.24) is 0 Å². The van der Waals surface area contributed by atoms with Gasteiger partial charge in [0.2, 0.25) is 6.79 Å². The van der Waals surface area contributed by atoms with Gasteiger partial charge in [0.1, 0.15) is 11.9 Å². The number of carbonyl (C=O) groups is 4. The van der Waals surface area contributed by atoms with Gasteiger partial charge in [-0.25, -0.2) is 14.4 Å². The molecule has 30 heavy (non-hydrogen) atoms. The summed E-state index contributed by atoms with van der Waals surface area (Å²) < 4.78 is 19.8. The highest BCUT2D eigenvalue weighted by Gasteiger charge is 2.28. The molecule has 162 valence electrons. The number of benzene rings is 1. The Kier molecular flexibility index (Phi) is 7.97. The van der Waals surface area contributed by atoms with Crippen molar-refractivity contribution in [3.63, 3.8) is 0 Å². The fraction of sp³-hybridized carbons (Fsp3) is 0.429. The summed E-state index contributed by atoms with van der Waals surface area (Å²) in [5, 5.41) is 9.04. The van der Waals surface area contributed by atoms with Crippen LogP contribution in [0.15, 0.2) is 24.8 Å². The van der Waals surface area contributed by atoms with E-state index in [1.54, 1.807) is 13.8 Å². The molecule has 1 fully saturated rings. The molecule has 2 rings (SSSR count). The zero-order chi connectivity index (χ0) is 22.3. The molecular weight excluding hydrogens is 396 g/mol. The van der Waals surface area contributed by atoms with Gasteiger partial charge in [0.15, 0.2) is 0 Å². The van der Waals surface area contributed by atoms with Crippen molar-refractivity contribution < 1.29 is 43.2 Å². The zero-order valence-corrected chi connectivity index (χ0v) is 16.8. The first kappa shape index (κ1) is 22.9. The van der Waals surface area contributed by atoms with E-state index in [1.807, 2.05) is 0 Å². The third-order valence-corrected chi connectivity index (χ3v) is 4.99. The van der Waals surface area contributed by atoms with Crippen molar-refractivity contribution in [2.24, 2.45) is 5.92 Å². The largest absolute Gasteiger partial charge is 0.516 e. The first-order valence-corrected chi connectivity index (χ1v) is 9.40. The van der Waals surface area contributed by atoms with Crippen LogP contribution in [-0.4, -0.2) is 42.1 Å². The molecule has 1 aliphatic carbocycles. The summed E-state index contributed by atoms with van der Waals surface area (Å²) in [6, 6.07) is 2.92. The van der Waals surface area contributed by atoms with Gasteiger partial charge in [-0.3, -0.25) is 4.79 Å². The van der Waals surface area contributed by atoms with Gasteiger partial charge in [0.25, 0.3) is 0 Å². The molecule has 0 saturated heterocycles. The molecule has 9 nitrogen and oxygen atoms in total. The minimum Gasteiger partial charge on any atom is -0.481 e. The van der Waals surface area contributed by atoms with Crippen LogP contribution in [0.4, 0.5) is 4.79 Å². The Morgan fingerprint density at radius 2 is 1.73 bits per heavy atom. The van der Waals surface area contributed by atoms with Crippen molar-refractivity contribution in [3.8, 4) is 5.75 Å². The normalized spacial score (nSPS) is 18.1. The Labute approximate surface area is 173 Å². The first-order chi connectivity index (χ1) is 14.2. The topological polar surface area (TPSA) is 125 Å². The van der Waals surface area contributed by atoms with Crippen LogP contribution in [0.5, 0.6) is 5.75 Å². The molecule has 0 unspecified atom stereocenters. The molecule has 1 saturated carbocycles. The van der Waals surface area contributed by atoms with Crippen LogP contribution in [0.3, 0.4) is 0 Å². The van der Waals surface area contributed by atoms with E-state index in [-0.39, 0.29) is 17.8 Å². The smallest absolute Gasteiger partial charge is 0.481 e. The number of hydrogen-bond donors (Lipinski definition) is 1. The lowest BCUT2D eigenvalue weighted by molar-refractivity contribution is -0.146. The number of hydrogen-bond acceptors (Lipinski definition) is 8. The summed E-state index contributed by atoms with van der Waals surface area (Å²) >= 11 is 0. The summed E-state index contributed by atoms with van der Waals surface area (Å²) in [6.45, 7) is 5.96. The van der Waals surface area contributed by atoms with Gasteiger partial charge in [-0.15, -0.1) is 0 Å². The van der Waals surface area contributed by atoms with Gasteiger partial charge in [0, 0.05) is 6.08 Å². The van der Waals surface area contributed by atoms with E-state index in [0.29, 0.717) is 42.4 Å². The summed E-state index contributed by atoms with van der Waals surface area (Å²) in [5.41, 5.74) is 1.44. The highest BCUT2D eigenvalue weighted by atomic mass is 16.8. The lowest BCUT2D eigenvalue weighted by Crippen LogP contribution is -2.28. The standard InChI is InChI=1S/C21H24O9/c1-4-18(22)27-11-28-21(26)30-17-10-9-16(12(2)13(17)3)20(25)29-15-7-5-14(6-8-15)19(23)24/h4,9-10,14-15H,1,5-8,11H2,2-3H3,(H,23,24). The molecule has 1 N–H and O–H groups in total. The van der Waals surface area contributed by atoms with E-state index < -0.39 is 30.9 Å². The van der Waals surface area contributed by atoms with Crippen molar-refractivity contribution in [2.75, 3.05) is 6.79 Å². The van der Waals surface area contributed by atoms with E-state index in [0.717, 1.165) is 6.08 Å². The minimum absolute atomic E-state index is 0.186. The molecule has 0 aromatic heterocycles. The number of aliphatic carboxylic acids is 1. The second kappa shape index (κ2) is 10.4. The maximum Gasteiger partial charge on any atom is 0.516 e. The Balaban J connectivity index is 1.94. The molecule has 1 aromatic carbocycles. The van der Waals surface area contributed by atoms with Crippen LogP contribution in [0.1, 0.15) is 47.2 Å². The zero-order valence-electron chi connectivity index (χ0n) is 16.8. The summed E-state index contributed by atoms with van der Waals surface area (Å²) in [5.74, 6) is -2.28. The number of carbonyl (C=O) groups excluding carboxylic acids is 3. The average molecular weight is 420 g/mol. The predicted molar refractivity (Wildman–Crippen MR) is 103 cm³/mol. The van der Waals surface area contributed by atoms with Crippen LogP contribution in [0.2, 0.25) is 0 Å². The molecule has 0 spiro atoms. The van der Waals surface area contributed by atoms with E-state index in [1.165, 1.54) is 12.1 Å². The molecule has 0 heterocycles. The fourth-order valence-corrected chi connectivity index (χ4v) is 3.08. The first-order valence-electron chi connectivity index (χ1n) is 9.40. The second-order valence-corrected chi connectivity index (χ2v) is 6.86. The quantitative estimate of drug-likeness (QED) is 0.306. The van der Waals surface area contributed by atoms with Crippen LogP contribution in [-0.2, 0) is 23.8 Å². The van der Waals surface area contributed by atoms with Gasteiger partial charge < -0.3 is 24.1 Å².